The summed E-state index contributed by atoms with van der Waals surface area (Å²) < 4.78 is 5.44. The monoisotopic (exact) mass is 281 g/mol. The number of benzene rings is 2. The molecule has 108 valence electrons. The van der Waals surface area contributed by atoms with Crippen molar-refractivity contribution in [3.05, 3.63) is 48.4 Å². The van der Waals surface area contributed by atoms with E-state index in [0.717, 1.165) is 12.0 Å². The second-order valence-electron chi connectivity index (χ2n) is 5.60. The molecular formula is C17H19N3O. The maximum absolute atomic E-state index is 5.84. The number of aromatic nitrogens is 2. The molecule has 1 aromatic heterocycles. The molecule has 0 bridgehead atoms. The molecule has 0 saturated carbocycles. The van der Waals surface area contributed by atoms with Crippen molar-refractivity contribution in [2.24, 2.45) is 5.73 Å². The molecule has 4 heteroatoms. The number of hydrogen-bond acceptors (Lipinski definition) is 4. The van der Waals surface area contributed by atoms with Gasteiger partial charge in [-0.05, 0) is 30.2 Å². The van der Waals surface area contributed by atoms with Crippen LogP contribution in [0.15, 0.2) is 47.0 Å². The first-order chi connectivity index (χ1) is 10.2. The van der Waals surface area contributed by atoms with Crippen LogP contribution in [0.2, 0.25) is 0 Å². The number of fused-ring (bicyclic) bond motifs is 1. The van der Waals surface area contributed by atoms with E-state index in [4.69, 9.17) is 10.3 Å². The Kier molecular flexibility index (Phi) is 3.47. The standard InChI is InChI=1S/C17H19N3O/c1-3-17(2,11-18)16-19-15(20-21-16)14-9-8-12-6-4-5-7-13(12)10-14/h4-10H,3,11,18H2,1-2H3. The van der Waals surface area contributed by atoms with Crippen LogP contribution < -0.4 is 5.73 Å². The normalized spacial score (nSPS) is 14.2. The largest absolute Gasteiger partial charge is 0.338 e. The van der Waals surface area contributed by atoms with Gasteiger partial charge in [0.25, 0.3) is 0 Å². The van der Waals surface area contributed by atoms with Crippen LogP contribution in [0.5, 0.6) is 0 Å². The van der Waals surface area contributed by atoms with Gasteiger partial charge in [0.2, 0.25) is 11.7 Å². The number of nitrogens with two attached hydrogens (primary N) is 1. The van der Waals surface area contributed by atoms with Crippen LogP contribution >= 0.6 is 0 Å². The number of nitrogens with zero attached hydrogens (tertiary/aromatic N) is 2. The molecule has 0 saturated heterocycles. The van der Waals surface area contributed by atoms with Crippen LogP contribution in [0, 0.1) is 0 Å². The molecule has 0 aliphatic rings. The zero-order valence-corrected chi connectivity index (χ0v) is 12.3. The molecule has 1 atom stereocenters. The molecule has 0 amide bonds. The van der Waals surface area contributed by atoms with Gasteiger partial charge in [-0.2, -0.15) is 4.98 Å². The van der Waals surface area contributed by atoms with Crippen molar-refractivity contribution in [3.63, 3.8) is 0 Å². The molecule has 2 aromatic carbocycles. The minimum Gasteiger partial charge on any atom is -0.338 e. The average Bonchev–Trinajstić information content (AvgIpc) is 3.04. The predicted molar refractivity (Wildman–Crippen MR) is 83.9 cm³/mol. The van der Waals surface area contributed by atoms with Crippen LogP contribution in [0.3, 0.4) is 0 Å². The molecule has 0 fully saturated rings. The highest BCUT2D eigenvalue weighted by Gasteiger charge is 2.29. The lowest BCUT2D eigenvalue weighted by molar-refractivity contribution is 0.291. The van der Waals surface area contributed by atoms with E-state index in [0.29, 0.717) is 18.3 Å². The Morgan fingerprint density at radius 1 is 1.14 bits per heavy atom. The van der Waals surface area contributed by atoms with Gasteiger partial charge >= 0.3 is 0 Å². The fraction of sp³-hybridized carbons (Fsp3) is 0.294. The van der Waals surface area contributed by atoms with Gasteiger partial charge in [0.05, 0.1) is 5.41 Å². The third-order valence-electron chi connectivity index (χ3n) is 4.18. The van der Waals surface area contributed by atoms with Crippen molar-refractivity contribution in [3.8, 4) is 11.4 Å². The Labute approximate surface area is 124 Å². The maximum atomic E-state index is 5.84. The third-order valence-corrected chi connectivity index (χ3v) is 4.18. The lowest BCUT2D eigenvalue weighted by Crippen LogP contribution is -2.31. The number of hydrogen-bond donors (Lipinski definition) is 1. The zero-order valence-electron chi connectivity index (χ0n) is 12.3. The quantitative estimate of drug-likeness (QED) is 0.794. The molecule has 0 radical (unpaired) electrons. The maximum Gasteiger partial charge on any atom is 0.234 e. The first kappa shape index (κ1) is 13.8. The summed E-state index contributed by atoms with van der Waals surface area (Å²) in [6.07, 6.45) is 0.864. The van der Waals surface area contributed by atoms with Crippen molar-refractivity contribution in [1.29, 1.82) is 0 Å². The molecule has 1 heterocycles. The van der Waals surface area contributed by atoms with Crippen LogP contribution in [0.1, 0.15) is 26.2 Å². The van der Waals surface area contributed by atoms with Crippen LogP contribution in [0.4, 0.5) is 0 Å². The lowest BCUT2D eigenvalue weighted by atomic mass is 9.88. The third kappa shape index (κ3) is 2.43. The second-order valence-corrected chi connectivity index (χ2v) is 5.60. The molecule has 0 spiro atoms. The SMILES string of the molecule is CCC(C)(CN)c1nc(-c2ccc3ccccc3c2)no1. The molecule has 3 rings (SSSR count). The minimum atomic E-state index is -0.262. The molecule has 2 N–H and O–H groups in total. The summed E-state index contributed by atoms with van der Waals surface area (Å²) in [5, 5.41) is 6.48. The van der Waals surface area contributed by atoms with Crippen molar-refractivity contribution in [2.45, 2.75) is 25.7 Å². The van der Waals surface area contributed by atoms with Gasteiger partial charge in [-0.15, -0.1) is 0 Å². The first-order valence-electron chi connectivity index (χ1n) is 7.20. The Bertz CT molecular complexity index is 759. The van der Waals surface area contributed by atoms with Gasteiger partial charge in [-0.1, -0.05) is 48.5 Å². The van der Waals surface area contributed by atoms with Gasteiger partial charge in [0.15, 0.2) is 0 Å². The van der Waals surface area contributed by atoms with E-state index in [1.54, 1.807) is 0 Å². The minimum absolute atomic E-state index is 0.262. The fourth-order valence-corrected chi connectivity index (χ4v) is 2.30. The van der Waals surface area contributed by atoms with E-state index >= 15 is 0 Å². The van der Waals surface area contributed by atoms with E-state index in [-0.39, 0.29) is 5.41 Å². The van der Waals surface area contributed by atoms with Crippen molar-refractivity contribution >= 4 is 10.8 Å². The smallest absolute Gasteiger partial charge is 0.234 e. The summed E-state index contributed by atoms with van der Waals surface area (Å²) in [5.41, 5.74) is 6.54. The molecule has 21 heavy (non-hydrogen) atoms. The highest BCUT2D eigenvalue weighted by molar-refractivity contribution is 5.86. The van der Waals surface area contributed by atoms with E-state index in [2.05, 4.69) is 41.3 Å². The van der Waals surface area contributed by atoms with Crippen LogP contribution in [-0.4, -0.2) is 16.7 Å². The Hall–Kier alpha value is -2.20. The molecule has 0 aliphatic heterocycles. The molecule has 4 nitrogen and oxygen atoms in total. The zero-order chi connectivity index (χ0) is 14.9. The Balaban J connectivity index is 2.01. The lowest BCUT2D eigenvalue weighted by Gasteiger charge is -2.20. The Morgan fingerprint density at radius 3 is 2.62 bits per heavy atom. The van der Waals surface area contributed by atoms with Gasteiger partial charge < -0.3 is 10.3 Å². The summed E-state index contributed by atoms with van der Waals surface area (Å²) in [5.74, 6) is 1.22. The van der Waals surface area contributed by atoms with Crippen molar-refractivity contribution in [2.75, 3.05) is 6.54 Å². The first-order valence-corrected chi connectivity index (χ1v) is 7.20. The fourth-order valence-electron chi connectivity index (χ4n) is 2.30. The van der Waals surface area contributed by atoms with E-state index < -0.39 is 0 Å². The van der Waals surface area contributed by atoms with E-state index in [1.165, 1.54) is 10.8 Å². The summed E-state index contributed by atoms with van der Waals surface area (Å²) >= 11 is 0. The van der Waals surface area contributed by atoms with Crippen LogP contribution in [-0.2, 0) is 5.41 Å². The Morgan fingerprint density at radius 2 is 1.90 bits per heavy atom. The highest BCUT2D eigenvalue weighted by atomic mass is 16.5. The number of rotatable bonds is 4. The summed E-state index contributed by atoms with van der Waals surface area (Å²) in [4.78, 5) is 4.54. The van der Waals surface area contributed by atoms with E-state index in [1.807, 2.05) is 25.1 Å². The molecule has 0 aliphatic carbocycles. The summed E-state index contributed by atoms with van der Waals surface area (Å²) in [7, 11) is 0. The topological polar surface area (TPSA) is 64.9 Å². The molecular weight excluding hydrogens is 262 g/mol. The van der Waals surface area contributed by atoms with Gasteiger partial charge in [-0.3, -0.25) is 0 Å². The summed E-state index contributed by atoms with van der Waals surface area (Å²) in [6, 6.07) is 14.4. The van der Waals surface area contributed by atoms with Crippen LogP contribution in [0.25, 0.3) is 22.2 Å². The van der Waals surface area contributed by atoms with Crippen molar-refractivity contribution < 1.29 is 4.52 Å². The second kappa shape index (κ2) is 5.30. The highest BCUT2D eigenvalue weighted by Crippen LogP contribution is 2.28. The van der Waals surface area contributed by atoms with E-state index in [9.17, 15) is 0 Å². The summed E-state index contributed by atoms with van der Waals surface area (Å²) in [6.45, 7) is 4.61. The van der Waals surface area contributed by atoms with Gasteiger partial charge in [0.1, 0.15) is 0 Å². The van der Waals surface area contributed by atoms with Gasteiger partial charge in [0, 0.05) is 12.1 Å². The molecule has 1 unspecified atom stereocenters. The average molecular weight is 281 g/mol. The predicted octanol–water partition coefficient (Wildman–Crippen LogP) is 3.52. The molecule has 3 aromatic rings. The van der Waals surface area contributed by atoms with Crippen molar-refractivity contribution in [1.82, 2.24) is 10.1 Å². The van der Waals surface area contributed by atoms with Gasteiger partial charge in [-0.25, -0.2) is 0 Å².